The van der Waals surface area contributed by atoms with Crippen molar-refractivity contribution < 1.29 is 19.4 Å². The summed E-state index contributed by atoms with van der Waals surface area (Å²) < 4.78 is 5.93. The van der Waals surface area contributed by atoms with Gasteiger partial charge in [0.15, 0.2) is 0 Å². The molecule has 0 fully saturated rings. The smallest absolute Gasteiger partial charge is 0.306 e. The van der Waals surface area contributed by atoms with Gasteiger partial charge in [0.25, 0.3) is 0 Å². The third kappa shape index (κ3) is 30.4. The van der Waals surface area contributed by atoms with Gasteiger partial charge in [0.1, 0.15) is 6.10 Å². The van der Waals surface area contributed by atoms with Gasteiger partial charge in [0, 0.05) is 12.8 Å². The predicted octanol–water partition coefficient (Wildman–Crippen LogP) is 11.2. The van der Waals surface area contributed by atoms with Gasteiger partial charge in [0.05, 0.1) is 0 Å². The van der Waals surface area contributed by atoms with Crippen LogP contribution in [-0.2, 0) is 14.3 Å². The summed E-state index contributed by atoms with van der Waals surface area (Å²) >= 11 is 0. The first-order chi connectivity index (χ1) is 19.6. The number of hydrogen-bond acceptors (Lipinski definition) is 3. The number of carbonyl (C=O) groups is 2. The van der Waals surface area contributed by atoms with E-state index in [9.17, 15) is 9.59 Å². The van der Waals surface area contributed by atoms with Gasteiger partial charge < -0.3 is 9.84 Å². The Kier molecular flexibility index (Phi) is 29.8. The van der Waals surface area contributed by atoms with Crippen LogP contribution in [0.1, 0.15) is 162 Å². The molecule has 0 radical (unpaired) electrons. The first-order valence-electron chi connectivity index (χ1n) is 16.6. The molecule has 0 aliphatic rings. The van der Waals surface area contributed by atoms with Crippen molar-refractivity contribution in [3.63, 3.8) is 0 Å². The molecule has 0 spiro atoms. The molecular weight excluding hydrogens is 496 g/mol. The Hall–Kier alpha value is -2.10. The van der Waals surface area contributed by atoms with Crippen molar-refractivity contribution in [2.24, 2.45) is 0 Å². The molecule has 4 nitrogen and oxygen atoms in total. The first-order valence-corrected chi connectivity index (χ1v) is 16.6. The van der Waals surface area contributed by atoms with Crippen molar-refractivity contribution in [1.29, 1.82) is 0 Å². The molecule has 0 saturated carbocycles. The van der Waals surface area contributed by atoms with E-state index in [-0.39, 0.29) is 18.5 Å². The maximum Gasteiger partial charge on any atom is 0.306 e. The van der Waals surface area contributed by atoms with E-state index in [2.05, 4.69) is 62.5 Å². The number of unbranched alkanes of at least 4 members (excludes halogenated alkanes) is 12. The summed E-state index contributed by atoms with van der Waals surface area (Å²) in [5.41, 5.74) is 0. The predicted molar refractivity (Wildman–Crippen MR) is 172 cm³/mol. The maximum atomic E-state index is 12.5. The van der Waals surface area contributed by atoms with E-state index in [1.165, 1.54) is 38.5 Å². The lowest BCUT2D eigenvalue weighted by molar-refractivity contribution is -0.150. The third-order valence-corrected chi connectivity index (χ3v) is 7.07. The highest BCUT2D eigenvalue weighted by atomic mass is 16.5. The van der Waals surface area contributed by atoms with Crippen molar-refractivity contribution in [2.75, 3.05) is 0 Å². The molecule has 1 atom stereocenters. The summed E-state index contributed by atoms with van der Waals surface area (Å²) in [6.07, 6.45) is 41.3. The molecule has 0 heterocycles. The highest BCUT2D eigenvalue weighted by molar-refractivity contribution is 5.69. The van der Waals surface area contributed by atoms with Crippen molar-refractivity contribution in [3.05, 3.63) is 48.6 Å². The van der Waals surface area contributed by atoms with Crippen LogP contribution in [0.4, 0.5) is 0 Å². The average molecular weight is 559 g/mol. The van der Waals surface area contributed by atoms with Gasteiger partial charge in [-0.15, -0.1) is 0 Å². The number of hydrogen-bond donors (Lipinski definition) is 1. The minimum Gasteiger partial charge on any atom is -0.481 e. The normalized spacial score (nSPS) is 12.8. The van der Waals surface area contributed by atoms with Crippen molar-refractivity contribution in [1.82, 2.24) is 0 Å². The lowest BCUT2D eigenvalue weighted by atomic mass is 10.0. The second-order valence-electron chi connectivity index (χ2n) is 11.0. The van der Waals surface area contributed by atoms with Gasteiger partial charge in [-0.1, -0.05) is 120 Å². The lowest BCUT2D eigenvalue weighted by Crippen LogP contribution is -2.18. The van der Waals surface area contributed by atoms with Crippen LogP contribution in [0.2, 0.25) is 0 Å². The van der Waals surface area contributed by atoms with Gasteiger partial charge in [-0.2, -0.15) is 0 Å². The second kappa shape index (κ2) is 31.4. The van der Waals surface area contributed by atoms with Crippen LogP contribution in [0.5, 0.6) is 0 Å². The van der Waals surface area contributed by atoms with Crippen LogP contribution < -0.4 is 0 Å². The van der Waals surface area contributed by atoms with E-state index in [0.29, 0.717) is 6.42 Å². The van der Waals surface area contributed by atoms with Gasteiger partial charge in [-0.05, 0) is 77.0 Å². The monoisotopic (exact) mass is 558 g/mol. The van der Waals surface area contributed by atoms with Crippen LogP contribution >= 0.6 is 0 Å². The molecule has 1 N–H and O–H groups in total. The zero-order chi connectivity index (χ0) is 29.4. The number of carboxylic acids is 1. The Bertz CT molecular complexity index is 689. The van der Waals surface area contributed by atoms with Gasteiger partial charge in [0.2, 0.25) is 0 Å². The molecule has 0 aromatic carbocycles. The highest BCUT2D eigenvalue weighted by Gasteiger charge is 2.14. The second-order valence-corrected chi connectivity index (χ2v) is 11.0. The Morgan fingerprint density at radius 2 is 1.05 bits per heavy atom. The minimum absolute atomic E-state index is 0.0258. The number of esters is 1. The fourth-order valence-electron chi connectivity index (χ4n) is 4.64. The van der Waals surface area contributed by atoms with Crippen LogP contribution in [0, 0.1) is 0 Å². The van der Waals surface area contributed by atoms with Crippen LogP contribution in [0.3, 0.4) is 0 Å². The Morgan fingerprint density at radius 3 is 1.60 bits per heavy atom. The Labute approximate surface area is 247 Å². The molecule has 0 amide bonds. The van der Waals surface area contributed by atoms with Gasteiger partial charge in [-0.25, -0.2) is 0 Å². The molecule has 0 aliphatic heterocycles. The Balaban J connectivity index is 4.03. The molecule has 0 aromatic rings. The third-order valence-electron chi connectivity index (χ3n) is 7.07. The summed E-state index contributed by atoms with van der Waals surface area (Å²) in [5.74, 6) is -0.719. The molecule has 40 heavy (non-hydrogen) atoms. The molecular formula is C36H62O4. The van der Waals surface area contributed by atoms with Gasteiger partial charge in [-0.3, -0.25) is 9.59 Å². The first kappa shape index (κ1) is 37.9. The lowest BCUT2D eigenvalue weighted by Gasteiger charge is -2.18. The largest absolute Gasteiger partial charge is 0.481 e. The number of allylic oxidation sites excluding steroid dienone is 8. The average Bonchev–Trinajstić information content (AvgIpc) is 2.93. The van der Waals surface area contributed by atoms with E-state index in [0.717, 1.165) is 96.3 Å². The molecule has 0 aromatic heterocycles. The number of ether oxygens (including phenoxy) is 1. The zero-order valence-electron chi connectivity index (χ0n) is 26.1. The fraction of sp³-hybridized carbons (Fsp3) is 0.722. The molecule has 1 unspecified atom stereocenters. The molecule has 0 saturated heterocycles. The number of carboxylic acid groups (broad SMARTS) is 1. The zero-order valence-corrected chi connectivity index (χ0v) is 26.1. The van der Waals surface area contributed by atoms with E-state index in [4.69, 9.17) is 9.84 Å². The number of carbonyl (C=O) groups excluding carboxylic acids is 1. The number of rotatable bonds is 29. The maximum absolute atomic E-state index is 12.5. The highest BCUT2D eigenvalue weighted by Crippen LogP contribution is 2.18. The number of aliphatic carboxylic acids is 1. The van der Waals surface area contributed by atoms with Crippen molar-refractivity contribution in [2.45, 2.75) is 168 Å². The van der Waals surface area contributed by atoms with Gasteiger partial charge >= 0.3 is 11.9 Å². The van der Waals surface area contributed by atoms with Crippen LogP contribution in [0.25, 0.3) is 0 Å². The molecule has 0 bridgehead atoms. The van der Waals surface area contributed by atoms with Crippen molar-refractivity contribution >= 4 is 11.9 Å². The molecule has 4 heteroatoms. The Morgan fingerprint density at radius 1 is 0.575 bits per heavy atom. The van der Waals surface area contributed by atoms with E-state index in [1.54, 1.807) is 0 Å². The molecule has 0 aliphatic carbocycles. The van der Waals surface area contributed by atoms with E-state index in [1.807, 2.05) is 0 Å². The van der Waals surface area contributed by atoms with Crippen LogP contribution in [-0.4, -0.2) is 23.1 Å². The van der Waals surface area contributed by atoms with E-state index < -0.39 is 5.97 Å². The van der Waals surface area contributed by atoms with E-state index >= 15 is 0 Å². The summed E-state index contributed by atoms with van der Waals surface area (Å²) in [6, 6.07) is 0. The van der Waals surface area contributed by atoms with Crippen molar-refractivity contribution in [3.8, 4) is 0 Å². The SMILES string of the molecule is CC/C=C\C/C=C\C/C=C\C/C=C\CCCCC(=O)OC(CCCCCCC)CCCCCCCCCC(=O)O. The minimum atomic E-state index is -0.693. The molecule has 230 valence electrons. The summed E-state index contributed by atoms with van der Waals surface area (Å²) in [4.78, 5) is 23.1. The summed E-state index contributed by atoms with van der Waals surface area (Å²) in [5, 5.41) is 8.71. The molecule has 0 rings (SSSR count). The summed E-state index contributed by atoms with van der Waals surface area (Å²) in [6.45, 7) is 4.39. The van der Waals surface area contributed by atoms with Crippen LogP contribution in [0.15, 0.2) is 48.6 Å². The summed E-state index contributed by atoms with van der Waals surface area (Å²) in [7, 11) is 0. The quantitative estimate of drug-likeness (QED) is 0.0563. The standard InChI is InChI=1S/C36H62O4/c1-3-5-7-9-10-11-12-13-14-15-16-17-21-25-29-33-36(39)40-34(30-26-22-8-6-4-2)31-27-23-19-18-20-24-28-32-35(37)38/h5,7,10-11,13-14,16-17,34H,3-4,6,8-9,12,15,18-33H2,1-2H3,(H,37,38)/b7-5-,11-10-,14-13-,17-16-. The fourth-order valence-corrected chi connectivity index (χ4v) is 4.64. The topological polar surface area (TPSA) is 63.6 Å².